The van der Waals surface area contributed by atoms with Crippen molar-refractivity contribution < 1.29 is 9.50 Å². The Bertz CT molecular complexity index is 667. The first-order valence-corrected chi connectivity index (χ1v) is 7.53. The molecule has 5 heteroatoms. The maximum absolute atomic E-state index is 13.2. The van der Waals surface area contributed by atoms with Gasteiger partial charge in [-0.3, -0.25) is 0 Å². The zero-order valence-corrected chi connectivity index (χ0v) is 12.7. The van der Waals surface area contributed by atoms with Crippen LogP contribution in [0, 0.1) is 5.82 Å². The smallest absolute Gasteiger partial charge is 0.126 e. The number of aryl methyl sites for hydroxylation is 1. The third-order valence-corrected chi connectivity index (χ3v) is 4.37. The molecular formula is C16H14Cl2FNO. The molecule has 3 rings (SSSR count). The molecule has 0 spiro atoms. The average Bonchev–Trinajstić information content (AvgIpc) is 2.43. The van der Waals surface area contributed by atoms with Gasteiger partial charge < -0.3 is 10.4 Å². The minimum Gasteiger partial charge on any atom is -0.508 e. The van der Waals surface area contributed by atoms with E-state index in [4.69, 9.17) is 23.2 Å². The minimum atomic E-state index is -0.461. The van der Waals surface area contributed by atoms with Gasteiger partial charge in [-0.2, -0.15) is 0 Å². The summed E-state index contributed by atoms with van der Waals surface area (Å²) in [6.45, 7) is 0. The van der Waals surface area contributed by atoms with Crippen molar-refractivity contribution in [2.24, 2.45) is 0 Å². The highest BCUT2D eigenvalue weighted by molar-refractivity contribution is 6.39. The molecule has 0 radical (unpaired) electrons. The van der Waals surface area contributed by atoms with Crippen LogP contribution in [0.25, 0.3) is 0 Å². The summed E-state index contributed by atoms with van der Waals surface area (Å²) in [4.78, 5) is 0. The Kier molecular flexibility index (Phi) is 3.96. The van der Waals surface area contributed by atoms with E-state index in [9.17, 15) is 9.50 Å². The molecular weight excluding hydrogens is 312 g/mol. The standard InChI is InChI=1S/C16H14Cl2FNO/c17-13-6-10(19)7-14(18)16(13)20-15-3-1-2-9-4-5-11(21)8-12(9)15/h4-8,15,20-21H,1-3H2. The van der Waals surface area contributed by atoms with Crippen LogP contribution in [0.3, 0.4) is 0 Å². The van der Waals surface area contributed by atoms with Gasteiger partial charge in [0.1, 0.15) is 11.6 Å². The summed E-state index contributed by atoms with van der Waals surface area (Å²) < 4.78 is 13.2. The lowest BCUT2D eigenvalue weighted by Gasteiger charge is -2.28. The highest BCUT2D eigenvalue weighted by Gasteiger charge is 2.22. The van der Waals surface area contributed by atoms with Crippen LogP contribution in [-0.4, -0.2) is 5.11 Å². The largest absolute Gasteiger partial charge is 0.508 e. The van der Waals surface area contributed by atoms with Crippen molar-refractivity contribution in [3.63, 3.8) is 0 Å². The van der Waals surface area contributed by atoms with Crippen molar-refractivity contribution in [1.29, 1.82) is 0 Å². The van der Waals surface area contributed by atoms with Crippen molar-refractivity contribution >= 4 is 28.9 Å². The summed E-state index contributed by atoms with van der Waals surface area (Å²) in [5.41, 5.74) is 2.77. The lowest BCUT2D eigenvalue weighted by atomic mass is 9.87. The molecule has 0 fully saturated rings. The second-order valence-electron chi connectivity index (χ2n) is 5.22. The van der Waals surface area contributed by atoms with Gasteiger partial charge in [-0.1, -0.05) is 29.3 Å². The van der Waals surface area contributed by atoms with E-state index in [0.717, 1.165) is 24.8 Å². The number of fused-ring (bicyclic) bond motifs is 1. The molecule has 21 heavy (non-hydrogen) atoms. The van der Waals surface area contributed by atoms with Crippen LogP contribution >= 0.6 is 23.2 Å². The molecule has 1 unspecified atom stereocenters. The van der Waals surface area contributed by atoms with Gasteiger partial charge in [-0.15, -0.1) is 0 Å². The molecule has 1 aliphatic rings. The van der Waals surface area contributed by atoms with E-state index in [1.54, 1.807) is 12.1 Å². The molecule has 0 saturated heterocycles. The third kappa shape index (κ3) is 2.94. The summed E-state index contributed by atoms with van der Waals surface area (Å²) >= 11 is 12.2. The fourth-order valence-electron chi connectivity index (χ4n) is 2.79. The van der Waals surface area contributed by atoms with Crippen LogP contribution in [0.15, 0.2) is 30.3 Å². The number of aromatic hydroxyl groups is 1. The lowest BCUT2D eigenvalue weighted by molar-refractivity contribution is 0.471. The summed E-state index contributed by atoms with van der Waals surface area (Å²) in [5, 5.41) is 13.5. The Morgan fingerprint density at radius 1 is 1.14 bits per heavy atom. The number of rotatable bonds is 2. The Hall–Kier alpha value is -1.45. The zero-order valence-electron chi connectivity index (χ0n) is 11.2. The topological polar surface area (TPSA) is 32.3 Å². The van der Waals surface area contributed by atoms with Crippen molar-refractivity contribution in [3.8, 4) is 5.75 Å². The third-order valence-electron chi connectivity index (χ3n) is 3.77. The Labute approximate surface area is 132 Å². The number of hydrogen-bond donors (Lipinski definition) is 2. The van der Waals surface area contributed by atoms with E-state index in [1.807, 2.05) is 6.07 Å². The van der Waals surface area contributed by atoms with E-state index in [1.165, 1.54) is 17.7 Å². The maximum Gasteiger partial charge on any atom is 0.126 e. The van der Waals surface area contributed by atoms with E-state index < -0.39 is 5.82 Å². The van der Waals surface area contributed by atoms with E-state index in [0.29, 0.717) is 5.69 Å². The van der Waals surface area contributed by atoms with Crippen LogP contribution < -0.4 is 5.32 Å². The molecule has 0 bridgehead atoms. The summed E-state index contributed by atoms with van der Waals surface area (Å²) in [6.07, 6.45) is 2.92. The molecule has 2 aromatic carbocycles. The monoisotopic (exact) mass is 325 g/mol. The highest BCUT2D eigenvalue weighted by atomic mass is 35.5. The van der Waals surface area contributed by atoms with Crippen LogP contribution in [0.4, 0.5) is 10.1 Å². The maximum atomic E-state index is 13.2. The van der Waals surface area contributed by atoms with Crippen molar-refractivity contribution in [3.05, 3.63) is 57.3 Å². The van der Waals surface area contributed by atoms with Gasteiger partial charge in [-0.25, -0.2) is 4.39 Å². The number of benzene rings is 2. The molecule has 0 heterocycles. The second kappa shape index (κ2) is 5.74. The minimum absolute atomic E-state index is 0.00121. The molecule has 2 nitrogen and oxygen atoms in total. The Morgan fingerprint density at radius 3 is 2.57 bits per heavy atom. The number of phenolic OH excluding ortho intramolecular Hbond substituents is 1. The number of halogens is 3. The van der Waals surface area contributed by atoms with E-state index in [-0.39, 0.29) is 21.8 Å². The molecule has 0 aromatic heterocycles. The number of nitrogens with one attached hydrogen (secondary N) is 1. The van der Waals surface area contributed by atoms with Gasteiger partial charge in [0.2, 0.25) is 0 Å². The fourth-order valence-corrected chi connectivity index (χ4v) is 3.36. The number of anilines is 1. The first-order valence-electron chi connectivity index (χ1n) is 6.77. The first kappa shape index (κ1) is 14.5. The van der Waals surface area contributed by atoms with Crippen molar-refractivity contribution in [1.82, 2.24) is 0 Å². The van der Waals surface area contributed by atoms with Crippen molar-refractivity contribution in [2.45, 2.75) is 25.3 Å². The predicted octanol–water partition coefficient (Wildman–Crippen LogP) is 5.33. The van der Waals surface area contributed by atoms with Crippen LogP contribution in [0.2, 0.25) is 10.0 Å². The van der Waals surface area contributed by atoms with Crippen LogP contribution in [-0.2, 0) is 6.42 Å². The SMILES string of the molecule is Oc1ccc2c(c1)C(Nc1c(Cl)cc(F)cc1Cl)CCC2. The summed E-state index contributed by atoms with van der Waals surface area (Å²) in [6, 6.07) is 7.87. The molecule has 2 aromatic rings. The van der Waals surface area contributed by atoms with Gasteiger partial charge in [0.15, 0.2) is 0 Å². The molecule has 1 aliphatic carbocycles. The molecule has 0 aliphatic heterocycles. The predicted molar refractivity (Wildman–Crippen MR) is 83.8 cm³/mol. The van der Waals surface area contributed by atoms with Gasteiger partial charge in [0.25, 0.3) is 0 Å². The average molecular weight is 326 g/mol. The van der Waals surface area contributed by atoms with E-state index >= 15 is 0 Å². The first-order chi connectivity index (χ1) is 10.0. The zero-order chi connectivity index (χ0) is 15.0. The normalized spacial score (nSPS) is 17.4. The fraction of sp³-hybridized carbons (Fsp3) is 0.250. The molecule has 0 amide bonds. The Morgan fingerprint density at radius 2 is 1.86 bits per heavy atom. The molecule has 0 saturated carbocycles. The molecule has 2 N–H and O–H groups in total. The van der Waals surface area contributed by atoms with E-state index in [2.05, 4.69) is 5.32 Å². The van der Waals surface area contributed by atoms with Crippen molar-refractivity contribution in [2.75, 3.05) is 5.32 Å². The summed E-state index contributed by atoms with van der Waals surface area (Å²) in [7, 11) is 0. The molecule has 110 valence electrons. The number of hydrogen-bond acceptors (Lipinski definition) is 2. The van der Waals surface area contributed by atoms with Gasteiger partial charge in [-0.05, 0) is 54.7 Å². The number of phenols is 1. The van der Waals surface area contributed by atoms with Gasteiger partial charge >= 0.3 is 0 Å². The quantitative estimate of drug-likeness (QED) is 0.782. The van der Waals surface area contributed by atoms with Gasteiger partial charge in [0, 0.05) is 0 Å². The van der Waals surface area contributed by atoms with Crippen LogP contribution in [0.1, 0.15) is 30.0 Å². The lowest BCUT2D eigenvalue weighted by Crippen LogP contribution is -2.17. The summed E-state index contributed by atoms with van der Waals surface area (Å²) in [5.74, 6) is -0.226. The second-order valence-corrected chi connectivity index (χ2v) is 6.03. The molecule has 1 atom stereocenters. The van der Waals surface area contributed by atoms with Gasteiger partial charge in [0.05, 0.1) is 21.8 Å². The highest BCUT2D eigenvalue weighted by Crippen LogP contribution is 2.39. The Balaban J connectivity index is 1.96. The van der Waals surface area contributed by atoms with Crippen LogP contribution in [0.5, 0.6) is 5.75 Å².